The predicted octanol–water partition coefficient (Wildman–Crippen LogP) is 4.61. The molecule has 8 heteroatoms. The Morgan fingerprint density at radius 1 is 1.06 bits per heavy atom. The van der Waals surface area contributed by atoms with E-state index in [2.05, 4.69) is 20.5 Å². The molecule has 0 saturated heterocycles. The average molecular weight is 420 g/mol. The maximum absolute atomic E-state index is 11.3. The summed E-state index contributed by atoms with van der Waals surface area (Å²) in [6.45, 7) is 1.47. The lowest BCUT2D eigenvalue weighted by Gasteiger charge is -2.12. The highest BCUT2D eigenvalue weighted by atomic mass is 16.5. The highest BCUT2D eigenvalue weighted by Gasteiger charge is 2.18. The van der Waals surface area contributed by atoms with Crippen molar-refractivity contribution < 1.29 is 19.4 Å². The van der Waals surface area contributed by atoms with Gasteiger partial charge in [0.25, 0.3) is 0 Å². The third-order valence-electron chi connectivity index (χ3n) is 4.72. The van der Waals surface area contributed by atoms with Crippen LogP contribution >= 0.6 is 0 Å². The Hall–Kier alpha value is -4.07. The van der Waals surface area contributed by atoms with Gasteiger partial charge in [0.1, 0.15) is 0 Å². The number of benzene rings is 2. The number of ether oxygens (including phenoxy) is 2. The number of aromatic nitrogens is 3. The number of phenols is 1. The fraction of sp³-hybridized carbons (Fsp3) is 0.174. The summed E-state index contributed by atoms with van der Waals surface area (Å²) in [7, 11) is 2.98. The number of nitrogens with zero attached hydrogens (tertiary/aromatic N) is 2. The molecule has 0 radical (unpaired) electrons. The molecule has 0 saturated carbocycles. The van der Waals surface area contributed by atoms with E-state index in [-0.39, 0.29) is 24.8 Å². The van der Waals surface area contributed by atoms with E-state index in [0.29, 0.717) is 28.3 Å². The molecular formula is C23H24N4O4. The molecule has 4 aromatic rings. The summed E-state index contributed by atoms with van der Waals surface area (Å²) in [5, 5.41) is 21.3. The van der Waals surface area contributed by atoms with E-state index in [4.69, 9.17) is 9.47 Å². The van der Waals surface area contributed by atoms with Gasteiger partial charge in [-0.05, 0) is 41.5 Å². The number of phenolic OH excluding ortho intramolecular Hbond substituents is 1. The van der Waals surface area contributed by atoms with Gasteiger partial charge in [-0.3, -0.25) is 9.89 Å². The second kappa shape index (κ2) is 8.74. The van der Waals surface area contributed by atoms with Crippen molar-refractivity contribution in [3.05, 3.63) is 48.7 Å². The van der Waals surface area contributed by atoms with Crippen LogP contribution < -0.4 is 14.8 Å². The zero-order valence-electron chi connectivity index (χ0n) is 16.7. The first-order valence-electron chi connectivity index (χ1n) is 9.18. The summed E-state index contributed by atoms with van der Waals surface area (Å²) in [5.74, 6) is 0.497. The topological polar surface area (TPSA) is 109 Å². The van der Waals surface area contributed by atoms with E-state index >= 15 is 0 Å². The van der Waals surface area contributed by atoms with Gasteiger partial charge in [-0.25, -0.2) is 4.98 Å². The smallest absolute Gasteiger partial charge is 0.221 e. The van der Waals surface area contributed by atoms with Crippen molar-refractivity contribution in [3.8, 4) is 39.6 Å². The quantitative estimate of drug-likeness (QED) is 0.435. The highest BCUT2D eigenvalue weighted by Crippen LogP contribution is 2.42. The lowest BCUT2D eigenvalue weighted by atomic mass is 9.99. The molecule has 31 heavy (non-hydrogen) atoms. The van der Waals surface area contributed by atoms with Gasteiger partial charge in [0.15, 0.2) is 17.1 Å². The zero-order chi connectivity index (χ0) is 21.3. The van der Waals surface area contributed by atoms with Gasteiger partial charge in [-0.2, -0.15) is 5.10 Å². The van der Waals surface area contributed by atoms with Gasteiger partial charge in [-0.1, -0.05) is 19.6 Å². The minimum atomic E-state index is -0.126. The first-order valence-corrected chi connectivity index (χ1v) is 9.18. The number of hydrogen-bond acceptors (Lipinski definition) is 6. The Morgan fingerprint density at radius 3 is 2.45 bits per heavy atom. The van der Waals surface area contributed by atoms with Crippen LogP contribution in [0.15, 0.2) is 48.7 Å². The minimum absolute atomic E-state index is 0. The van der Waals surface area contributed by atoms with Gasteiger partial charge in [0.05, 0.1) is 25.3 Å². The standard InChI is InChI=1S/C22H20N4O4.CH4/c1-12(27)24-15-6-4-13(5-7-15)16-8-9-23-22-19(16)20(25-26-22)14-10-17(28)21(30-3)18(11-14)29-2;/h4-11,28H,1-3H3,(H,24,27)(H,23,25,26);1H4. The number of carbonyl (C=O) groups is 1. The van der Waals surface area contributed by atoms with Crippen LogP contribution in [-0.2, 0) is 4.79 Å². The van der Waals surface area contributed by atoms with Crippen LogP contribution in [0.5, 0.6) is 17.2 Å². The van der Waals surface area contributed by atoms with Gasteiger partial charge in [0.2, 0.25) is 11.7 Å². The van der Waals surface area contributed by atoms with E-state index in [0.717, 1.165) is 16.5 Å². The summed E-state index contributed by atoms with van der Waals surface area (Å²) >= 11 is 0. The molecule has 0 unspecified atom stereocenters. The molecule has 160 valence electrons. The number of aromatic hydroxyl groups is 1. The number of aromatic amines is 1. The number of H-pyrrole nitrogens is 1. The first kappa shape index (κ1) is 21.6. The van der Waals surface area contributed by atoms with Crippen LogP contribution in [0.25, 0.3) is 33.4 Å². The number of rotatable bonds is 5. The molecule has 2 heterocycles. The largest absolute Gasteiger partial charge is 0.504 e. The van der Waals surface area contributed by atoms with Crippen LogP contribution in [-0.4, -0.2) is 40.4 Å². The number of amides is 1. The fourth-order valence-electron chi connectivity index (χ4n) is 3.42. The molecular weight excluding hydrogens is 396 g/mol. The van der Waals surface area contributed by atoms with Crippen molar-refractivity contribution in [2.75, 3.05) is 19.5 Å². The molecule has 3 N–H and O–H groups in total. The maximum Gasteiger partial charge on any atom is 0.221 e. The fourth-order valence-corrected chi connectivity index (χ4v) is 3.42. The third kappa shape index (κ3) is 4.00. The molecule has 0 fully saturated rings. The molecule has 2 aromatic carbocycles. The predicted molar refractivity (Wildman–Crippen MR) is 121 cm³/mol. The van der Waals surface area contributed by atoms with Crippen LogP contribution in [0.4, 0.5) is 5.69 Å². The zero-order valence-corrected chi connectivity index (χ0v) is 16.7. The number of hydrogen-bond donors (Lipinski definition) is 3. The molecule has 4 rings (SSSR count). The minimum Gasteiger partial charge on any atom is -0.504 e. The number of anilines is 1. The van der Waals surface area contributed by atoms with Crippen molar-refractivity contribution in [1.29, 1.82) is 0 Å². The molecule has 1 amide bonds. The number of fused-ring (bicyclic) bond motifs is 1. The Bertz CT molecular complexity index is 1230. The van der Waals surface area contributed by atoms with Crippen LogP contribution in [0, 0.1) is 0 Å². The third-order valence-corrected chi connectivity index (χ3v) is 4.72. The summed E-state index contributed by atoms with van der Waals surface area (Å²) in [4.78, 5) is 15.6. The number of carbonyl (C=O) groups excluding carboxylic acids is 1. The summed E-state index contributed by atoms with van der Waals surface area (Å²) < 4.78 is 10.6. The van der Waals surface area contributed by atoms with Gasteiger partial charge in [-0.15, -0.1) is 0 Å². The SMILES string of the molecule is C.COc1cc(-c2[nH]nc3nccc(-c4ccc(NC(C)=O)cc4)c23)cc(O)c1OC. The van der Waals surface area contributed by atoms with E-state index in [1.165, 1.54) is 21.1 Å². The monoisotopic (exact) mass is 420 g/mol. The second-order valence-electron chi connectivity index (χ2n) is 6.65. The van der Waals surface area contributed by atoms with Gasteiger partial charge >= 0.3 is 0 Å². The summed E-state index contributed by atoms with van der Waals surface area (Å²) in [6, 6.07) is 12.8. The van der Waals surface area contributed by atoms with E-state index in [9.17, 15) is 9.90 Å². The molecule has 2 aromatic heterocycles. The van der Waals surface area contributed by atoms with Crippen LogP contribution in [0.1, 0.15) is 14.4 Å². The maximum atomic E-state index is 11.3. The van der Waals surface area contributed by atoms with Gasteiger partial charge < -0.3 is 19.9 Å². The molecule has 0 spiro atoms. The van der Waals surface area contributed by atoms with Crippen molar-refractivity contribution in [1.82, 2.24) is 15.2 Å². The van der Waals surface area contributed by atoms with E-state index in [1.54, 1.807) is 18.3 Å². The van der Waals surface area contributed by atoms with Crippen molar-refractivity contribution in [2.24, 2.45) is 0 Å². The van der Waals surface area contributed by atoms with Crippen LogP contribution in [0.3, 0.4) is 0 Å². The Balaban J connectivity index is 0.00000272. The van der Waals surface area contributed by atoms with Crippen LogP contribution in [0.2, 0.25) is 0 Å². The Labute approximate surface area is 179 Å². The van der Waals surface area contributed by atoms with E-state index < -0.39 is 0 Å². The van der Waals surface area contributed by atoms with Crippen molar-refractivity contribution in [3.63, 3.8) is 0 Å². The number of pyridine rings is 1. The van der Waals surface area contributed by atoms with E-state index in [1.807, 2.05) is 30.3 Å². The summed E-state index contributed by atoms with van der Waals surface area (Å²) in [6.07, 6.45) is 1.69. The lowest BCUT2D eigenvalue weighted by molar-refractivity contribution is -0.114. The molecule has 0 bridgehead atoms. The summed E-state index contributed by atoms with van der Waals surface area (Å²) in [5.41, 5.74) is 4.47. The Kier molecular flexibility index (Phi) is 6.10. The first-order chi connectivity index (χ1) is 14.5. The molecule has 8 nitrogen and oxygen atoms in total. The second-order valence-corrected chi connectivity index (χ2v) is 6.65. The highest BCUT2D eigenvalue weighted by molar-refractivity contribution is 6.02. The number of methoxy groups -OCH3 is 2. The number of nitrogens with one attached hydrogen (secondary N) is 2. The lowest BCUT2D eigenvalue weighted by Crippen LogP contribution is -2.05. The van der Waals surface area contributed by atoms with Gasteiger partial charge in [0, 0.05) is 24.4 Å². The molecule has 0 atom stereocenters. The van der Waals surface area contributed by atoms with Crippen molar-refractivity contribution >= 4 is 22.6 Å². The average Bonchev–Trinajstić information content (AvgIpc) is 3.17. The molecule has 0 aliphatic carbocycles. The Morgan fingerprint density at radius 2 is 1.81 bits per heavy atom. The molecule has 0 aliphatic heterocycles. The van der Waals surface area contributed by atoms with Crippen molar-refractivity contribution in [2.45, 2.75) is 14.4 Å². The molecule has 0 aliphatic rings. The normalized spacial score (nSPS) is 10.4.